The number of hydrogen-bond acceptors (Lipinski definition) is 4. The van der Waals surface area contributed by atoms with Gasteiger partial charge in [-0.3, -0.25) is 9.20 Å². The largest absolute Gasteiger partial charge is 0.384 e. The van der Waals surface area contributed by atoms with Crippen LogP contribution in [0, 0.1) is 5.92 Å². The molecule has 6 nitrogen and oxygen atoms in total. The van der Waals surface area contributed by atoms with Gasteiger partial charge in [0.25, 0.3) is 5.91 Å². The summed E-state index contributed by atoms with van der Waals surface area (Å²) in [5, 5.41) is 3.55. The van der Waals surface area contributed by atoms with E-state index in [4.69, 9.17) is 17.3 Å². The van der Waals surface area contributed by atoms with Gasteiger partial charge in [-0.25, -0.2) is 4.98 Å². The number of nitrogens with two attached hydrogens (primary N) is 1. The number of nitrogen functional groups attached to an aromatic ring is 1. The number of likely N-dealkylation sites (tertiary alicyclic amines) is 1. The van der Waals surface area contributed by atoms with Gasteiger partial charge in [0, 0.05) is 6.54 Å². The molecule has 0 saturated carbocycles. The summed E-state index contributed by atoms with van der Waals surface area (Å²) in [6.07, 6.45) is 4.75. The number of amides is 1. The van der Waals surface area contributed by atoms with Gasteiger partial charge < -0.3 is 16.0 Å². The number of rotatable bonds is 7. The Labute approximate surface area is 172 Å². The van der Waals surface area contributed by atoms with Crippen LogP contribution in [-0.4, -0.2) is 46.4 Å². The highest BCUT2D eigenvalue weighted by Gasteiger charge is 2.25. The fourth-order valence-electron chi connectivity index (χ4n) is 3.89. The van der Waals surface area contributed by atoms with Crippen LogP contribution in [0.25, 0.3) is 5.65 Å². The van der Waals surface area contributed by atoms with E-state index in [0.29, 0.717) is 34.6 Å². The average Bonchev–Trinajstić information content (AvgIpc) is 3.09. The summed E-state index contributed by atoms with van der Waals surface area (Å²) < 4.78 is 1.68. The summed E-state index contributed by atoms with van der Waals surface area (Å²) in [6.45, 7) is 10.4. The smallest absolute Gasteiger partial charge is 0.270 e. The van der Waals surface area contributed by atoms with Crippen LogP contribution in [0.5, 0.6) is 0 Å². The van der Waals surface area contributed by atoms with Crippen LogP contribution < -0.4 is 11.1 Å². The fourth-order valence-corrected chi connectivity index (χ4v) is 4.04. The van der Waals surface area contributed by atoms with Crippen LogP contribution in [0.4, 0.5) is 5.82 Å². The van der Waals surface area contributed by atoms with Gasteiger partial charge in [0.15, 0.2) is 0 Å². The molecular formula is C21H32ClN5O. The van der Waals surface area contributed by atoms with Crippen molar-refractivity contribution in [2.75, 3.05) is 31.9 Å². The van der Waals surface area contributed by atoms with Gasteiger partial charge >= 0.3 is 0 Å². The quantitative estimate of drug-likeness (QED) is 0.731. The molecule has 1 aliphatic rings. The first-order chi connectivity index (χ1) is 13.4. The highest BCUT2D eigenvalue weighted by molar-refractivity contribution is 6.32. The Morgan fingerprint density at radius 3 is 2.71 bits per heavy atom. The van der Waals surface area contributed by atoms with E-state index in [-0.39, 0.29) is 11.8 Å². The minimum Gasteiger partial charge on any atom is -0.384 e. The van der Waals surface area contributed by atoms with Crippen molar-refractivity contribution in [2.45, 2.75) is 52.4 Å². The van der Waals surface area contributed by atoms with Crippen molar-refractivity contribution in [1.29, 1.82) is 0 Å². The van der Waals surface area contributed by atoms with Crippen molar-refractivity contribution in [2.24, 2.45) is 5.92 Å². The van der Waals surface area contributed by atoms with E-state index >= 15 is 0 Å². The van der Waals surface area contributed by atoms with Crippen LogP contribution in [0.15, 0.2) is 12.1 Å². The number of carbonyl (C=O) groups excluding carboxylic acids is 1. The maximum atomic E-state index is 13.1. The first-order valence-electron chi connectivity index (χ1n) is 10.4. The third-order valence-corrected chi connectivity index (χ3v) is 5.96. The van der Waals surface area contributed by atoms with Gasteiger partial charge in [-0.05, 0) is 62.9 Å². The van der Waals surface area contributed by atoms with Crippen LogP contribution in [0.3, 0.4) is 0 Å². The Morgan fingerprint density at radius 2 is 2.07 bits per heavy atom. The highest BCUT2D eigenvalue weighted by atomic mass is 35.5. The number of carbonyl (C=O) groups is 1. The third-order valence-electron chi connectivity index (χ3n) is 5.64. The second-order valence-corrected chi connectivity index (χ2v) is 8.52. The number of anilines is 1. The second-order valence-electron chi connectivity index (χ2n) is 8.11. The molecule has 154 valence electrons. The molecule has 0 aromatic carbocycles. The molecule has 3 heterocycles. The lowest BCUT2D eigenvalue weighted by atomic mass is 9.96. The lowest BCUT2D eigenvalue weighted by molar-refractivity contribution is 0.0929. The van der Waals surface area contributed by atoms with Gasteiger partial charge in [-0.1, -0.05) is 38.8 Å². The van der Waals surface area contributed by atoms with E-state index < -0.39 is 0 Å². The lowest BCUT2D eigenvalue weighted by Gasteiger charge is -2.31. The van der Waals surface area contributed by atoms with Crippen LogP contribution in [-0.2, 0) is 0 Å². The van der Waals surface area contributed by atoms with E-state index in [9.17, 15) is 4.79 Å². The van der Waals surface area contributed by atoms with Crippen LogP contribution in [0.2, 0.25) is 5.02 Å². The minimum absolute atomic E-state index is 0.112. The molecule has 0 aliphatic carbocycles. The van der Waals surface area contributed by atoms with E-state index in [0.717, 1.165) is 31.6 Å². The van der Waals surface area contributed by atoms with E-state index in [2.05, 4.69) is 22.1 Å². The molecule has 3 N–H and O–H groups in total. The van der Waals surface area contributed by atoms with Crippen LogP contribution >= 0.6 is 11.6 Å². The molecule has 2 aromatic rings. The Bertz CT molecular complexity index is 824. The number of nitrogens with one attached hydrogen (secondary N) is 1. The summed E-state index contributed by atoms with van der Waals surface area (Å²) >= 11 is 6.19. The third kappa shape index (κ3) is 4.44. The molecule has 1 amide bonds. The minimum atomic E-state index is -0.126. The SMILES string of the molecule is CCCCN1CCC(CNC(=O)c2c(C(C)C)nc3ccc(Cl)c(N)n23)CC1. The van der Waals surface area contributed by atoms with E-state index in [1.54, 1.807) is 16.5 Å². The topological polar surface area (TPSA) is 75.7 Å². The first kappa shape index (κ1) is 20.9. The highest BCUT2D eigenvalue weighted by Crippen LogP contribution is 2.27. The maximum absolute atomic E-state index is 13.1. The van der Waals surface area contributed by atoms with Gasteiger partial charge in [0.2, 0.25) is 0 Å². The molecule has 0 radical (unpaired) electrons. The molecule has 1 aliphatic heterocycles. The molecule has 7 heteroatoms. The first-order valence-corrected chi connectivity index (χ1v) is 10.8. The number of imidazole rings is 1. The van der Waals surface area contributed by atoms with E-state index in [1.807, 2.05) is 13.8 Å². The molecule has 0 unspecified atom stereocenters. The summed E-state index contributed by atoms with van der Waals surface area (Å²) in [4.78, 5) is 20.2. The number of piperidine rings is 1. The van der Waals surface area contributed by atoms with Gasteiger partial charge in [-0.2, -0.15) is 0 Å². The zero-order chi connectivity index (χ0) is 20.3. The monoisotopic (exact) mass is 405 g/mol. The Hall–Kier alpha value is -1.79. The molecule has 3 rings (SSSR count). The Kier molecular flexibility index (Phi) is 6.83. The van der Waals surface area contributed by atoms with Gasteiger partial charge in [0.05, 0.1) is 10.7 Å². The molecular weight excluding hydrogens is 374 g/mol. The van der Waals surface area contributed by atoms with E-state index in [1.165, 1.54) is 19.4 Å². The summed E-state index contributed by atoms with van der Waals surface area (Å²) in [5.74, 6) is 0.858. The standard InChI is InChI=1S/C21H32ClN5O/c1-4-5-10-26-11-8-15(9-12-26)13-24-21(28)19-18(14(2)3)25-17-7-6-16(22)20(23)27(17)19/h6-7,14-15H,4-5,8-13,23H2,1-3H3,(H,24,28). The second kappa shape index (κ2) is 9.14. The van der Waals surface area contributed by atoms with Crippen molar-refractivity contribution < 1.29 is 4.79 Å². The van der Waals surface area contributed by atoms with Crippen molar-refractivity contribution >= 4 is 29.0 Å². The number of pyridine rings is 1. The Morgan fingerprint density at radius 1 is 1.36 bits per heavy atom. The molecule has 0 bridgehead atoms. The molecule has 0 spiro atoms. The zero-order valence-corrected chi connectivity index (χ0v) is 17.9. The number of hydrogen-bond donors (Lipinski definition) is 2. The fraction of sp³-hybridized carbons (Fsp3) is 0.619. The zero-order valence-electron chi connectivity index (χ0n) is 17.2. The predicted molar refractivity (Wildman–Crippen MR) is 115 cm³/mol. The predicted octanol–water partition coefficient (Wildman–Crippen LogP) is 3.94. The van der Waals surface area contributed by atoms with Crippen molar-refractivity contribution in [3.63, 3.8) is 0 Å². The summed E-state index contributed by atoms with van der Waals surface area (Å²) in [5.41, 5.74) is 8.08. The number of nitrogens with zero attached hydrogens (tertiary/aromatic N) is 3. The van der Waals surface area contributed by atoms with Gasteiger partial charge in [0.1, 0.15) is 17.2 Å². The Balaban J connectivity index is 1.70. The normalized spacial score (nSPS) is 16.2. The summed E-state index contributed by atoms with van der Waals surface area (Å²) in [7, 11) is 0. The molecule has 0 atom stereocenters. The van der Waals surface area contributed by atoms with Crippen molar-refractivity contribution in [3.05, 3.63) is 28.5 Å². The number of aromatic nitrogens is 2. The molecule has 2 aromatic heterocycles. The number of halogens is 1. The van der Waals surface area contributed by atoms with Crippen molar-refractivity contribution in [3.8, 4) is 0 Å². The maximum Gasteiger partial charge on any atom is 0.270 e. The molecule has 1 saturated heterocycles. The van der Waals surface area contributed by atoms with Gasteiger partial charge in [-0.15, -0.1) is 0 Å². The summed E-state index contributed by atoms with van der Waals surface area (Å²) in [6, 6.07) is 3.52. The number of unbranched alkanes of at least 4 members (excludes halogenated alkanes) is 1. The number of fused-ring (bicyclic) bond motifs is 1. The van der Waals surface area contributed by atoms with Crippen molar-refractivity contribution in [1.82, 2.24) is 19.6 Å². The molecule has 1 fully saturated rings. The molecule has 28 heavy (non-hydrogen) atoms. The lowest BCUT2D eigenvalue weighted by Crippen LogP contribution is -2.39. The van der Waals surface area contributed by atoms with Crippen LogP contribution in [0.1, 0.15) is 68.6 Å². The average molecular weight is 406 g/mol.